The lowest BCUT2D eigenvalue weighted by molar-refractivity contribution is -0.385. The van der Waals surface area contributed by atoms with Crippen LogP contribution in [-0.4, -0.2) is 19.7 Å². The summed E-state index contributed by atoms with van der Waals surface area (Å²) in [6.07, 6.45) is 1.25. The summed E-state index contributed by atoms with van der Waals surface area (Å²) in [4.78, 5) is 14.3. The van der Waals surface area contributed by atoms with Crippen molar-refractivity contribution in [2.45, 2.75) is 26.8 Å². The smallest absolute Gasteiger partial charge is 0.287 e. The van der Waals surface area contributed by atoms with Gasteiger partial charge >= 0.3 is 0 Å². The Hall–Kier alpha value is -3.22. The van der Waals surface area contributed by atoms with Crippen LogP contribution in [0.3, 0.4) is 0 Å². The second kappa shape index (κ2) is 6.72. The van der Waals surface area contributed by atoms with Crippen LogP contribution in [0.2, 0.25) is 0 Å². The number of hydrogen-bond acceptors (Lipinski definition) is 5. The van der Waals surface area contributed by atoms with E-state index in [1.54, 1.807) is 6.07 Å². The molecule has 1 N–H and O–H groups in total. The van der Waals surface area contributed by atoms with Crippen molar-refractivity contribution in [2.24, 2.45) is 0 Å². The minimum absolute atomic E-state index is 0.0171. The van der Waals surface area contributed by atoms with E-state index in [9.17, 15) is 10.1 Å². The molecule has 0 aliphatic heterocycles. The Balaban J connectivity index is 1.73. The molecule has 128 valence electrons. The Labute approximate surface area is 145 Å². The van der Waals surface area contributed by atoms with Crippen LogP contribution in [0.15, 0.2) is 48.7 Å². The lowest BCUT2D eigenvalue weighted by Gasteiger charge is -2.15. The molecule has 0 aliphatic rings. The first-order valence-electron chi connectivity index (χ1n) is 7.94. The van der Waals surface area contributed by atoms with E-state index in [0.717, 1.165) is 22.6 Å². The molecule has 0 spiro atoms. The Morgan fingerprint density at radius 2 is 1.88 bits per heavy atom. The number of rotatable bonds is 5. The van der Waals surface area contributed by atoms with Gasteiger partial charge in [-0.05, 0) is 50.6 Å². The third kappa shape index (κ3) is 3.65. The summed E-state index contributed by atoms with van der Waals surface area (Å²) in [6, 6.07) is 13.2. The predicted octanol–water partition coefficient (Wildman–Crippen LogP) is 3.97. The molecular weight excluding hydrogens is 318 g/mol. The van der Waals surface area contributed by atoms with Crippen molar-refractivity contribution in [1.29, 1.82) is 0 Å². The van der Waals surface area contributed by atoms with Gasteiger partial charge in [0.15, 0.2) is 0 Å². The van der Waals surface area contributed by atoms with Crippen LogP contribution >= 0.6 is 0 Å². The first-order chi connectivity index (χ1) is 11.9. The van der Waals surface area contributed by atoms with E-state index in [1.807, 2.05) is 55.8 Å². The van der Waals surface area contributed by atoms with E-state index < -0.39 is 4.92 Å². The number of aryl methyl sites for hydroxylation is 2. The Bertz CT molecular complexity index is 885. The van der Waals surface area contributed by atoms with E-state index in [0.29, 0.717) is 5.82 Å². The average Bonchev–Trinajstić information content (AvgIpc) is 2.94. The van der Waals surface area contributed by atoms with Crippen LogP contribution in [0.25, 0.3) is 5.69 Å². The van der Waals surface area contributed by atoms with Crippen molar-refractivity contribution >= 4 is 11.5 Å². The van der Waals surface area contributed by atoms with Gasteiger partial charge in [-0.15, -0.1) is 0 Å². The molecule has 7 heteroatoms. The number of nitrogens with zero attached hydrogens (tertiary/aromatic N) is 4. The SMILES string of the molecule is Cc1cc(C)n(-c2ccc([C@H](C)Nc3ccc([N+](=O)[O-])cn3)cc2)n1. The van der Waals surface area contributed by atoms with Crippen molar-refractivity contribution in [2.75, 3.05) is 5.32 Å². The molecule has 1 atom stereocenters. The van der Waals surface area contributed by atoms with Gasteiger partial charge in [0.05, 0.1) is 16.3 Å². The summed E-state index contributed by atoms with van der Waals surface area (Å²) >= 11 is 0. The number of pyridine rings is 1. The van der Waals surface area contributed by atoms with E-state index in [2.05, 4.69) is 15.4 Å². The molecule has 25 heavy (non-hydrogen) atoms. The number of hydrogen-bond donors (Lipinski definition) is 1. The molecule has 3 rings (SSSR count). The molecule has 3 aromatic rings. The molecule has 1 aromatic carbocycles. The zero-order valence-electron chi connectivity index (χ0n) is 14.3. The fourth-order valence-corrected chi connectivity index (χ4v) is 2.68. The van der Waals surface area contributed by atoms with Gasteiger partial charge in [0.25, 0.3) is 5.69 Å². The highest BCUT2D eigenvalue weighted by Gasteiger charge is 2.10. The quantitative estimate of drug-likeness (QED) is 0.562. The number of benzene rings is 1. The molecule has 0 saturated heterocycles. The van der Waals surface area contributed by atoms with Crippen molar-refractivity contribution in [3.8, 4) is 5.69 Å². The molecule has 0 unspecified atom stereocenters. The van der Waals surface area contributed by atoms with Crippen molar-refractivity contribution in [3.63, 3.8) is 0 Å². The third-order valence-electron chi connectivity index (χ3n) is 3.97. The fraction of sp³-hybridized carbons (Fsp3) is 0.222. The second-order valence-electron chi connectivity index (χ2n) is 5.96. The van der Waals surface area contributed by atoms with Crippen LogP contribution < -0.4 is 5.32 Å². The topological polar surface area (TPSA) is 85.9 Å². The molecular formula is C18H19N5O2. The largest absolute Gasteiger partial charge is 0.364 e. The van der Waals surface area contributed by atoms with Crippen LogP contribution in [-0.2, 0) is 0 Å². The molecule has 0 amide bonds. The molecule has 2 heterocycles. The first kappa shape index (κ1) is 16.6. The van der Waals surface area contributed by atoms with Crippen molar-refractivity contribution in [3.05, 3.63) is 75.7 Å². The highest BCUT2D eigenvalue weighted by atomic mass is 16.6. The number of nitrogens with one attached hydrogen (secondary N) is 1. The lowest BCUT2D eigenvalue weighted by atomic mass is 10.1. The second-order valence-corrected chi connectivity index (χ2v) is 5.96. The fourth-order valence-electron chi connectivity index (χ4n) is 2.68. The minimum atomic E-state index is -0.460. The summed E-state index contributed by atoms with van der Waals surface area (Å²) < 4.78 is 1.91. The molecule has 2 aromatic heterocycles. The Morgan fingerprint density at radius 3 is 2.40 bits per heavy atom. The standard InChI is InChI=1S/C18H19N5O2/c1-12-10-13(2)22(21-12)16-6-4-15(5-7-16)14(3)20-18-9-8-17(11-19-18)23(24)25/h4-11,14H,1-3H3,(H,19,20)/t14-/m0/s1. The predicted molar refractivity (Wildman–Crippen MR) is 96.0 cm³/mol. The van der Waals surface area contributed by atoms with Gasteiger partial charge in [-0.25, -0.2) is 9.67 Å². The minimum Gasteiger partial charge on any atom is -0.364 e. The average molecular weight is 337 g/mol. The molecule has 0 fully saturated rings. The summed E-state index contributed by atoms with van der Waals surface area (Å²) in [6.45, 7) is 6.01. The third-order valence-corrected chi connectivity index (χ3v) is 3.97. The maximum Gasteiger partial charge on any atom is 0.287 e. The highest BCUT2D eigenvalue weighted by molar-refractivity contribution is 5.44. The van der Waals surface area contributed by atoms with Gasteiger partial charge in [0.1, 0.15) is 12.0 Å². The summed E-state index contributed by atoms with van der Waals surface area (Å²) in [5.74, 6) is 0.598. The van der Waals surface area contributed by atoms with E-state index in [4.69, 9.17) is 0 Å². The van der Waals surface area contributed by atoms with E-state index in [1.165, 1.54) is 12.3 Å². The number of anilines is 1. The molecule has 0 bridgehead atoms. The summed E-state index contributed by atoms with van der Waals surface area (Å²) in [5, 5.41) is 18.4. The monoisotopic (exact) mass is 337 g/mol. The van der Waals surface area contributed by atoms with Crippen LogP contribution in [0.1, 0.15) is 29.9 Å². The molecule has 0 radical (unpaired) electrons. The zero-order chi connectivity index (χ0) is 18.0. The van der Waals surface area contributed by atoms with E-state index in [-0.39, 0.29) is 11.7 Å². The van der Waals surface area contributed by atoms with Crippen molar-refractivity contribution in [1.82, 2.24) is 14.8 Å². The Kier molecular flexibility index (Phi) is 4.47. The molecule has 0 saturated carbocycles. The maximum atomic E-state index is 10.7. The summed E-state index contributed by atoms with van der Waals surface area (Å²) in [5.41, 5.74) is 4.15. The van der Waals surface area contributed by atoms with Crippen LogP contribution in [0.4, 0.5) is 11.5 Å². The van der Waals surface area contributed by atoms with Crippen molar-refractivity contribution < 1.29 is 4.92 Å². The van der Waals surface area contributed by atoms with Gasteiger partial charge in [0, 0.05) is 17.8 Å². The first-order valence-corrected chi connectivity index (χ1v) is 7.94. The maximum absolute atomic E-state index is 10.7. The highest BCUT2D eigenvalue weighted by Crippen LogP contribution is 2.21. The molecule has 7 nitrogen and oxygen atoms in total. The lowest BCUT2D eigenvalue weighted by Crippen LogP contribution is -2.08. The van der Waals surface area contributed by atoms with Gasteiger partial charge < -0.3 is 5.32 Å². The van der Waals surface area contributed by atoms with Crippen LogP contribution in [0.5, 0.6) is 0 Å². The van der Waals surface area contributed by atoms with Gasteiger partial charge in [-0.1, -0.05) is 12.1 Å². The number of nitro groups is 1. The van der Waals surface area contributed by atoms with Gasteiger partial charge in [-0.3, -0.25) is 10.1 Å². The number of aromatic nitrogens is 3. The summed E-state index contributed by atoms with van der Waals surface area (Å²) in [7, 11) is 0. The Morgan fingerprint density at radius 1 is 1.16 bits per heavy atom. The van der Waals surface area contributed by atoms with Gasteiger partial charge in [-0.2, -0.15) is 5.10 Å². The van der Waals surface area contributed by atoms with E-state index >= 15 is 0 Å². The normalized spacial score (nSPS) is 12.0. The van der Waals surface area contributed by atoms with Crippen LogP contribution in [0, 0.1) is 24.0 Å². The molecule has 0 aliphatic carbocycles. The zero-order valence-corrected chi connectivity index (χ0v) is 14.3. The van der Waals surface area contributed by atoms with Gasteiger partial charge in [0.2, 0.25) is 0 Å².